The van der Waals surface area contributed by atoms with Crippen molar-refractivity contribution in [3.8, 4) is 0 Å². The van der Waals surface area contributed by atoms with Crippen molar-refractivity contribution in [2.45, 2.75) is 59.4 Å². The van der Waals surface area contributed by atoms with Gasteiger partial charge in [0.05, 0.1) is 12.2 Å². The van der Waals surface area contributed by atoms with E-state index in [1.165, 1.54) is 11.3 Å². The lowest BCUT2D eigenvalue weighted by Gasteiger charge is -2.26. The van der Waals surface area contributed by atoms with Gasteiger partial charge in [0.2, 0.25) is 11.8 Å². The first-order chi connectivity index (χ1) is 10.5. The van der Waals surface area contributed by atoms with Crippen LogP contribution in [0.25, 0.3) is 0 Å². The summed E-state index contributed by atoms with van der Waals surface area (Å²) in [5, 5.41) is 3.55. The van der Waals surface area contributed by atoms with Crippen molar-refractivity contribution < 1.29 is 9.59 Å². The second kappa shape index (κ2) is 7.72. The first-order valence-corrected chi connectivity index (χ1v) is 8.87. The fourth-order valence-corrected chi connectivity index (χ4v) is 3.50. The van der Waals surface area contributed by atoms with E-state index < -0.39 is 0 Å². The standard InChI is InChI=1S/C16H25N3O2S/c1-4-5-6-14(20)18-16-17-12-7-8-19(10-13(12)22-16)15(21)9-11(2)3/h11H,4-10H2,1-3H3,(H,17,18,20). The summed E-state index contributed by atoms with van der Waals surface area (Å²) < 4.78 is 0. The summed E-state index contributed by atoms with van der Waals surface area (Å²) in [6, 6.07) is 0. The van der Waals surface area contributed by atoms with E-state index in [2.05, 4.69) is 31.1 Å². The van der Waals surface area contributed by atoms with Gasteiger partial charge in [-0.15, -0.1) is 0 Å². The SMILES string of the molecule is CCCCC(=O)Nc1nc2c(s1)CN(C(=O)CC(C)C)CC2. The molecule has 0 fully saturated rings. The Bertz CT molecular complexity index is 539. The summed E-state index contributed by atoms with van der Waals surface area (Å²) in [6.07, 6.45) is 3.82. The molecule has 0 radical (unpaired) electrons. The molecule has 1 aliphatic heterocycles. The number of fused-ring (bicyclic) bond motifs is 1. The molecule has 2 rings (SSSR count). The molecule has 0 aromatic carbocycles. The molecule has 0 bridgehead atoms. The first-order valence-electron chi connectivity index (χ1n) is 8.05. The zero-order chi connectivity index (χ0) is 16.1. The fraction of sp³-hybridized carbons (Fsp3) is 0.688. The normalized spacial score (nSPS) is 14.1. The highest BCUT2D eigenvalue weighted by Crippen LogP contribution is 2.29. The molecule has 0 saturated heterocycles. The predicted molar refractivity (Wildman–Crippen MR) is 88.8 cm³/mol. The number of hydrogen-bond acceptors (Lipinski definition) is 4. The lowest BCUT2D eigenvalue weighted by Crippen LogP contribution is -2.36. The Morgan fingerprint density at radius 2 is 2.18 bits per heavy atom. The monoisotopic (exact) mass is 323 g/mol. The number of hydrogen-bond donors (Lipinski definition) is 1. The number of rotatable bonds is 6. The van der Waals surface area contributed by atoms with Crippen LogP contribution >= 0.6 is 11.3 Å². The van der Waals surface area contributed by atoms with Gasteiger partial charge < -0.3 is 10.2 Å². The van der Waals surface area contributed by atoms with Gasteiger partial charge in [-0.1, -0.05) is 38.5 Å². The fourth-order valence-electron chi connectivity index (χ4n) is 2.46. The van der Waals surface area contributed by atoms with Gasteiger partial charge in [-0.05, 0) is 12.3 Å². The summed E-state index contributed by atoms with van der Waals surface area (Å²) in [5.41, 5.74) is 1.03. The second-order valence-corrected chi connectivity index (χ2v) is 7.29. The number of carbonyl (C=O) groups excluding carboxylic acids is 2. The number of nitrogens with zero attached hydrogens (tertiary/aromatic N) is 2. The van der Waals surface area contributed by atoms with Crippen LogP contribution in [0.5, 0.6) is 0 Å². The van der Waals surface area contributed by atoms with Crippen molar-refractivity contribution in [1.29, 1.82) is 0 Å². The molecule has 2 amide bonds. The maximum Gasteiger partial charge on any atom is 0.226 e. The highest BCUT2D eigenvalue weighted by molar-refractivity contribution is 7.15. The Morgan fingerprint density at radius 1 is 1.41 bits per heavy atom. The van der Waals surface area contributed by atoms with E-state index in [0.29, 0.717) is 30.4 Å². The molecule has 0 spiro atoms. The van der Waals surface area contributed by atoms with Crippen LogP contribution in [0.3, 0.4) is 0 Å². The highest BCUT2D eigenvalue weighted by Gasteiger charge is 2.24. The smallest absolute Gasteiger partial charge is 0.226 e. The molecule has 1 aliphatic rings. The van der Waals surface area contributed by atoms with Crippen LogP contribution in [-0.2, 0) is 22.6 Å². The van der Waals surface area contributed by atoms with Crippen LogP contribution in [0.2, 0.25) is 0 Å². The molecule has 0 atom stereocenters. The van der Waals surface area contributed by atoms with Gasteiger partial charge in [-0.3, -0.25) is 9.59 Å². The summed E-state index contributed by atoms with van der Waals surface area (Å²) >= 11 is 1.50. The summed E-state index contributed by atoms with van der Waals surface area (Å²) in [6.45, 7) is 7.54. The van der Waals surface area contributed by atoms with Crippen LogP contribution in [0.1, 0.15) is 57.0 Å². The van der Waals surface area contributed by atoms with Crippen molar-refractivity contribution in [2.75, 3.05) is 11.9 Å². The zero-order valence-electron chi connectivity index (χ0n) is 13.6. The Balaban J connectivity index is 1.95. The maximum absolute atomic E-state index is 12.2. The van der Waals surface area contributed by atoms with Crippen LogP contribution in [0.4, 0.5) is 5.13 Å². The van der Waals surface area contributed by atoms with Gasteiger partial charge in [-0.2, -0.15) is 0 Å². The third kappa shape index (κ3) is 4.53. The number of aromatic nitrogens is 1. The van der Waals surface area contributed by atoms with Crippen LogP contribution in [0.15, 0.2) is 0 Å². The lowest BCUT2D eigenvalue weighted by atomic mass is 10.1. The van der Waals surface area contributed by atoms with Crippen molar-refractivity contribution in [3.05, 3.63) is 10.6 Å². The molecule has 0 saturated carbocycles. The van der Waals surface area contributed by atoms with Gasteiger partial charge in [-0.25, -0.2) is 4.98 Å². The predicted octanol–water partition coefficient (Wildman–Crippen LogP) is 3.20. The van der Waals surface area contributed by atoms with Crippen molar-refractivity contribution >= 4 is 28.3 Å². The average molecular weight is 323 g/mol. The summed E-state index contributed by atoms with van der Waals surface area (Å²) in [7, 11) is 0. The Labute approximate surface area is 136 Å². The molecule has 6 heteroatoms. The molecule has 1 aromatic rings. The Morgan fingerprint density at radius 3 is 2.86 bits per heavy atom. The number of amides is 2. The highest BCUT2D eigenvalue weighted by atomic mass is 32.1. The number of thiazole rings is 1. The van der Waals surface area contributed by atoms with E-state index in [1.807, 2.05) is 4.90 Å². The number of nitrogens with one attached hydrogen (secondary N) is 1. The minimum Gasteiger partial charge on any atom is -0.337 e. The van der Waals surface area contributed by atoms with E-state index in [0.717, 1.165) is 36.4 Å². The number of anilines is 1. The van der Waals surface area contributed by atoms with Crippen molar-refractivity contribution in [2.24, 2.45) is 5.92 Å². The van der Waals surface area contributed by atoms with Gasteiger partial charge in [0.1, 0.15) is 0 Å². The minimum atomic E-state index is 0.0284. The van der Waals surface area contributed by atoms with E-state index in [1.54, 1.807) is 0 Å². The van der Waals surface area contributed by atoms with Crippen LogP contribution in [-0.4, -0.2) is 28.2 Å². The molecular formula is C16H25N3O2S. The third-order valence-corrected chi connectivity index (χ3v) is 4.67. The maximum atomic E-state index is 12.2. The van der Waals surface area contributed by atoms with E-state index in [-0.39, 0.29) is 11.8 Å². The molecule has 1 N–H and O–H groups in total. The molecule has 122 valence electrons. The lowest BCUT2D eigenvalue weighted by molar-refractivity contribution is -0.132. The Kier molecular flexibility index (Phi) is 5.94. The largest absolute Gasteiger partial charge is 0.337 e. The zero-order valence-corrected chi connectivity index (χ0v) is 14.5. The number of unbranched alkanes of at least 4 members (excludes halogenated alkanes) is 1. The van der Waals surface area contributed by atoms with Gasteiger partial charge in [0.25, 0.3) is 0 Å². The quantitative estimate of drug-likeness (QED) is 0.874. The molecule has 0 aliphatic carbocycles. The minimum absolute atomic E-state index is 0.0284. The van der Waals surface area contributed by atoms with Crippen LogP contribution < -0.4 is 5.32 Å². The molecular weight excluding hydrogens is 298 g/mol. The third-order valence-electron chi connectivity index (χ3n) is 3.67. The Hall–Kier alpha value is -1.43. The first kappa shape index (κ1) is 16.9. The molecule has 1 aromatic heterocycles. The van der Waals surface area contributed by atoms with E-state index >= 15 is 0 Å². The molecule has 2 heterocycles. The van der Waals surface area contributed by atoms with Crippen molar-refractivity contribution in [1.82, 2.24) is 9.88 Å². The van der Waals surface area contributed by atoms with E-state index in [4.69, 9.17) is 0 Å². The summed E-state index contributed by atoms with van der Waals surface area (Å²) in [5.74, 6) is 0.618. The van der Waals surface area contributed by atoms with Crippen molar-refractivity contribution in [3.63, 3.8) is 0 Å². The average Bonchev–Trinajstić information content (AvgIpc) is 2.85. The molecule has 0 unspecified atom stereocenters. The number of carbonyl (C=O) groups is 2. The van der Waals surface area contributed by atoms with E-state index in [9.17, 15) is 9.59 Å². The second-order valence-electron chi connectivity index (χ2n) is 6.20. The topological polar surface area (TPSA) is 62.3 Å². The molecule has 5 nitrogen and oxygen atoms in total. The molecule has 22 heavy (non-hydrogen) atoms. The van der Waals surface area contributed by atoms with Gasteiger partial charge in [0.15, 0.2) is 5.13 Å². The van der Waals surface area contributed by atoms with Gasteiger partial charge >= 0.3 is 0 Å². The van der Waals surface area contributed by atoms with Gasteiger partial charge in [0, 0.05) is 30.7 Å². The summed E-state index contributed by atoms with van der Waals surface area (Å²) in [4.78, 5) is 31.4. The van der Waals surface area contributed by atoms with Crippen LogP contribution in [0, 0.1) is 5.92 Å².